The van der Waals surface area contributed by atoms with E-state index in [1.807, 2.05) is 0 Å². The molecule has 7 nitrogen and oxygen atoms in total. The molecular formula is C12H18N2O5S. The fraction of sp³-hybridized carbons (Fsp3) is 0.500. The molecule has 0 bridgehead atoms. The molecule has 1 atom stereocenters. The van der Waals surface area contributed by atoms with Crippen LogP contribution in [-0.4, -0.2) is 37.1 Å². The average molecular weight is 302 g/mol. The maximum absolute atomic E-state index is 12.3. The van der Waals surface area contributed by atoms with Gasteiger partial charge in [0.15, 0.2) is 0 Å². The minimum Gasteiger partial charge on any atom is -0.492 e. The SMILES string of the molecule is CCOc1ccncc1S(=O)(=O)N[C@@H](C(=O)O)C(C)C. The second-order valence-electron chi connectivity index (χ2n) is 4.44. The van der Waals surface area contributed by atoms with E-state index in [1.165, 1.54) is 12.3 Å². The van der Waals surface area contributed by atoms with Gasteiger partial charge in [-0.05, 0) is 18.9 Å². The van der Waals surface area contributed by atoms with Crippen molar-refractivity contribution in [3.8, 4) is 5.75 Å². The molecule has 112 valence electrons. The molecule has 2 N–H and O–H groups in total. The highest BCUT2D eigenvalue weighted by Crippen LogP contribution is 2.22. The third kappa shape index (κ3) is 3.91. The molecule has 0 aromatic carbocycles. The molecule has 0 amide bonds. The molecule has 0 aliphatic rings. The van der Waals surface area contributed by atoms with Crippen LogP contribution in [-0.2, 0) is 14.8 Å². The van der Waals surface area contributed by atoms with Gasteiger partial charge in [-0.25, -0.2) is 8.42 Å². The van der Waals surface area contributed by atoms with Gasteiger partial charge in [0.05, 0.1) is 12.8 Å². The normalized spacial score (nSPS) is 13.2. The van der Waals surface area contributed by atoms with Crippen LogP contribution in [0.4, 0.5) is 0 Å². The molecule has 0 aliphatic heterocycles. The van der Waals surface area contributed by atoms with Crippen LogP contribution < -0.4 is 9.46 Å². The molecule has 0 aliphatic carbocycles. The quantitative estimate of drug-likeness (QED) is 0.774. The fourth-order valence-corrected chi connectivity index (χ4v) is 2.97. The van der Waals surface area contributed by atoms with Crippen molar-refractivity contribution in [3.05, 3.63) is 18.5 Å². The molecule has 0 radical (unpaired) electrons. The number of hydrogen-bond donors (Lipinski definition) is 2. The fourth-order valence-electron chi connectivity index (χ4n) is 1.55. The smallest absolute Gasteiger partial charge is 0.322 e. The summed E-state index contributed by atoms with van der Waals surface area (Å²) in [6.45, 7) is 5.25. The van der Waals surface area contributed by atoms with Crippen LogP contribution in [0.3, 0.4) is 0 Å². The van der Waals surface area contributed by atoms with Gasteiger partial charge in [-0.15, -0.1) is 0 Å². The Morgan fingerprint density at radius 3 is 2.65 bits per heavy atom. The topological polar surface area (TPSA) is 106 Å². The van der Waals surface area contributed by atoms with Gasteiger partial charge in [0.1, 0.15) is 16.7 Å². The first-order valence-electron chi connectivity index (χ1n) is 6.11. The third-order valence-corrected chi connectivity index (χ3v) is 4.00. The minimum atomic E-state index is -4.02. The standard InChI is InChI=1S/C12H18N2O5S/c1-4-19-9-5-6-13-7-10(9)20(17,18)14-11(8(2)3)12(15)16/h5-8,11,14H,4H2,1-3H3,(H,15,16)/t11-/m1/s1. The van der Waals surface area contributed by atoms with E-state index in [9.17, 15) is 13.2 Å². The number of carboxylic acid groups (broad SMARTS) is 1. The zero-order valence-electron chi connectivity index (χ0n) is 11.5. The zero-order valence-corrected chi connectivity index (χ0v) is 12.3. The summed E-state index contributed by atoms with van der Waals surface area (Å²) < 4.78 is 31.9. The van der Waals surface area contributed by atoms with Gasteiger partial charge in [0.25, 0.3) is 0 Å². The second-order valence-corrected chi connectivity index (χ2v) is 6.12. The lowest BCUT2D eigenvalue weighted by atomic mass is 10.1. The Morgan fingerprint density at radius 1 is 1.50 bits per heavy atom. The molecule has 1 aromatic heterocycles. The van der Waals surface area contributed by atoms with Crippen LogP contribution in [0, 0.1) is 5.92 Å². The molecule has 20 heavy (non-hydrogen) atoms. The number of carbonyl (C=O) groups is 1. The summed E-state index contributed by atoms with van der Waals surface area (Å²) in [5.74, 6) is -1.48. The Morgan fingerprint density at radius 2 is 2.15 bits per heavy atom. The van der Waals surface area contributed by atoms with Crippen molar-refractivity contribution in [2.45, 2.75) is 31.7 Å². The highest BCUT2D eigenvalue weighted by molar-refractivity contribution is 7.89. The van der Waals surface area contributed by atoms with Crippen molar-refractivity contribution in [3.63, 3.8) is 0 Å². The molecular weight excluding hydrogens is 284 g/mol. The highest BCUT2D eigenvalue weighted by atomic mass is 32.2. The highest BCUT2D eigenvalue weighted by Gasteiger charge is 2.29. The van der Waals surface area contributed by atoms with Crippen LogP contribution in [0.25, 0.3) is 0 Å². The summed E-state index contributed by atoms with van der Waals surface area (Å²) in [4.78, 5) is 14.7. The van der Waals surface area contributed by atoms with E-state index < -0.39 is 28.0 Å². The number of rotatable bonds is 7. The van der Waals surface area contributed by atoms with Crippen LogP contribution in [0.5, 0.6) is 5.75 Å². The predicted octanol–water partition coefficient (Wildman–Crippen LogP) is 0.868. The number of nitrogens with one attached hydrogen (secondary N) is 1. The summed E-state index contributed by atoms with van der Waals surface area (Å²) in [7, 11) is -4.02. The number of sulfonamides is 1. The van der Waals surface area contributed by atoms with Crippen LogP contribution in [0.1, 0.15) is 20.8 Å². The number of carboxylic acids is 1. The second kappa shape index (κ2) is 6.67. The minimum absolute atomic E-state index is 0.142. The van der Waals surface area contributed by atoms with Crippen LogP contribution in [0.15, 0.2) is 23.4 Å². The van der Waals surface area contributed by atoms with E-state index in [4.69, 9.17) is 9.84 Å². The number of ether oxygens (including phenoxy) is 1. The molecule has 0 unspecified atom stereocenters. The van der Waals surface area contributed by atoms with E-state index >= 15 is 0 Å². The Balaban J connectivity index is 3.14. The molecule has 0 fully saturated rings. The maximum atomic E-state index is 12.3. The molecule has 0 saturated heterocycles. The molecule has 0 saturated carbocycles. The van der Waals surface area contributed by atoms with E-state index in [0.717, 1.165) is 6.20 Å². The number of hydrogen-bond acceptors (Lipinski definition) is 5. The Labute approximate surface area is 118 Å². The van der Waals surface area contributed by atoms with Crippen molar-refractivity contribution in [2.24, 2.45) is 5.92 Å². The van der Waals surface area contributed by atoms with E-state index in [2.05, 4.69) is 9.71 Å². The first-order valence-corrected chi connectivity index (χ1v) is 7.59. The monoisotopic (exact) mass is 302 g/mol. The van der Waals surface area contributed by atoms with Crippen molar-refractivity contribution in [1.29, 1.82) is 0 Å². The number of aliphatic carboxylic acids is 1. The zero-order chi connectivity index (χ0) is 15.3. The van der Waals surface area contributed by atoms with Gasteiger partial charge in [-0.3, -0.25) is 9.78 Å². The molecule has 8 heteroatoms. The lowest BCUT2D eigenvalue weighted by Crippen LogP contribution is -2.44. The van der Waals surface area contributed by atoms with Gasteiger partial charge >= 0.3 is 5.97 Å². The number of pyridine rings is 1. The number of nitrogens with zero attached hydrogens (tertiary/aromatic N) is 1. The first-order chi connectivity index (χ1) is 9.29. The van der Waals surface area contributed by atoms with E-state index in [1.54, 1.807) is 20.8 Å². The first kappa shape index (κ1) is 16.4. The average Bonchev–Trinajstić information content (AvgIpc) is 2.36. The van der Waals surface area contributed by atoms with Crippen molar-refractivity contribution < 1.29 is 23.1 Å². The maximum Gasteiger partial charge on any atom is 0.322 e. The Hall–Kier alpha value is -1.67. The predicted molar refractivity (Wildman–Crippen MR) is 72.0 cm³/mol. The summed E-state index contributed by atoms with van der Waals surface area (Å²) in [5.41, 5.74) is 0. The Kier molecular flexibility index (Phi) is 5.46. The molecule has 1 heterocycles. The van der Waals surface area contributed by atoms with Crippen LogP contribution in [0.2, 0.25) is 0 Å². The van der Waals surface area contributed by atoms with Gasteiger partial charge < -0.3 is 9.84 Å². The number of aromatic nitrogens is 1. The van der Waals surface area contributed by atoms with Gasteiger partial charge in [0, 0.05) is 6.20 Å². The summed E-state index contributed by atoms with van der Waals surface area (Å²) in [6, 6.07) is 0.207. The molecule has 1 rings (SSSR count). The van der Waals surface area contributed by atoms with Crippen molar-refractivity contribution in [2.75, 3.05) is 6.61 Å². The van der Waals surface area contributed by atoms with Crippen LogP contribution >= 0.6 is 0 Å². The Bertz CT molecular complexity index is 571. The summed E-state index contributed by atoms with van der Waals surface area (Å²) in [5, 5.41) is 9.05. The third-order valence-electron chi connectivity index (χ3n) is 2.55. The molecule has 0 spiro atoms. The largest absolute Gasteiger partial charge is 0.492 e. The molecule has 1 aromatic rings. The lowest BCUT2D eigenvalue weighted by molar-refractivity contribution is -0.140. The summed E-state index contributed by atoms with van der Waals surface area (Å²) in [6.07, 6.45) is 2.54. The van der Waals surface area contributed by atoms with Crippen molar-refractivity contribution in [1.82, 2.24) is 9.71 Å². The van der Waals surface area contributed by atoms with Gasteiger partial charge in [0.2, 0.25) is 10.0 Å². The van der Waals surface area contributed by atoms with Gasteiger partial charge in [-0.1, -0.05) is 13.8 Å². The summed E-state index contributed by atoms with van der Waals surface area (Å²) >= 11 is 0. The lowest BCUT2D eigenvalue weighted by Gasteiger charge is -2.18. The van der Waals surface area contributed by atoms with Crippen molar-refractivity contribution >= 4 is 16.0 Å². The van der Waals surface area contributed by atoms with Gasteiger partial charge in [-0.2, -0.15) is 4.72 Å². The van der Waals surface area contributed by atoms with E-state index in [-0.39, 0.29) is 10.6 Å². The van der Waals surface area contributed by atoms with E-state index in [0.29, 0.717) is 6.61 Å².